The molecule has 0 bridgehead atoms. The van der Waals surface area contributed by atoms with Gasteiger partial charge in [-0.1, -0.05) is 30.3 Å². The lowest BCUT2D eigenvalue weighted by molar-refractivity contribution is 0.102. The van der Waals surface area contributed by atoms with Gasteiger partial charge in [-0.2, -0.15) is 0 Å². The molecular weight excluding hydrogens is 504 g/mol. The fraction of sp³-hybridized carbons (Fsp3) is 0.250. The molecule has 1 fully saturated rings. The average molecular weight is 539 g/mol. The SMILES string of the molecule is CC(C)(C)N1CCC(c2ccc(-n3c(=O)ccc4cnc5ccc(-c6ccc7ccncc7c6)cc5c43)cc2)CC1. The van der Waals surface area contributed by atoms with Crippen LogP contribution in [0.15, 0.2) is 102 Å². The molecule has 3 aromatic heterocycles. The molecule has 5 nitrogen and oxygen atoms in total. The molecule has 41 heavy (non-hydrogen) atoms. The lowest BCUT2D eigenvalue weighted by Crippen LogP contribution is -2.45. The largest absolute Gasteiger partial charge is 0.298 e. The van der Waals surface area contributed by atoms with E-state index in [4.69, 9.17) is 4.98 Å². The van der Waals surface area contributed by atoms with Gasteiger partial charge in [-0.05, 0) is 117 Å². The summed E-state index contributed by atoms with van der Waals surface area (Å²) in [5.74, 6) is 0.552. The van der Waals surface area contributed by atoms with Crippen LogP contribution in [0.1, 0.15) is 45.1 Å². The van der Waals surface area contributed by atoms with Crippen molar-refractivity contribution in [3.8, 4) is 16.8 Å². The predicted octanol–water partition coefficient (Wildman–Crippen LogP) is 7.73. The number of rotatable bonds is 3. The molecule has 4 heterocycles. The van der Waals surface area contributed by atoms with Gasteiger partial charge in [-0.15, -0.1) is 0 Å². The molecule has 0 N–H and O–H groups in total. The summed E-state index contributed by atoms with van der Waals surface area (Å²) in [7, 11) is 0. The molecule has 5 heteroatoms. The Hall–Kier alpha value is -4.35. The van der Waals surface area contributed by atoms with E-state index in [9.17, 15) is 4.79 Å². The fourth-order valence-corrected chi connectivity index (χ4v) is 6.39. The van der Waals surface area contributed by atoms with Crippen molar-refractivity contribution in [2.75, 3.05) is 13.1 Å². The van der Waals surface area contributed by atoms with Crippen molar-refractivity contribution in [1.82, 2.24) is 19.4 Å². The van der Waals surface area contributed by atoms with Gasteiger partial charge in [-0.3, -0.25) is 24.2 Å². The number of hydrogen-bond acceptors (Lipinski definition) is 4. The van der Waals surface area contributed by atoms with Gasteiger partial charge in [0.15, 0.2) is 0 Å². The number of nitrogens with zero attached hydrogens (tertiary/aromatic N) is 4. The Balaban J connectivity index is 1.30. The number of fused-ring (bicyclic) bond motifs is 4. The maximum absolute atomic E-state index is 13.4. The zero-order chi connectivity index (χ0) is 28.1. The number of pyridine rings is 3. The van der Waals surface area contributed by atoms with Crippen LogP contribution in [0.25, 0.3) is 49.4 Å². The Morgan fingerprint density at radius 2 is 1.49 bits per heavy atom. The summed E-state index contributed by atoms with van der Waals surface area (Å²) in [6.45, 7) is 9.13. The molecule has 6 aromatic rings. The summed E-state index contributed by atoms with van der Waals surface area (Å²) in [6, 6.07) is 26.9. The van der Waals surface area contributed by atoms with Crippen molar-refractivity contribution < 1.29 is 0 Å². The van der Waals surface area contributed by atoms with Crippen LogP contribution in [0.2, 0.25) is 0 Å². The topological polar surface area (TPSA) is 51.0 Å². The van der Waals surface area contributed by atoms with Gasteiger partial charge >= 0.3 is 0 Å². The maximum atomic E-state index is 13.4. The lowest BCUT2D eigenvalue weighted by atomic mass is 9.87. The third-order valence-electron chi connectivity index (χ3n) is 8.76. The van der Waals surface area contributed by atoms with Crippen LogP contribution in [-0.4, -0.2) is 38.1 Å². The second kappa shape index (κ2) is 9.93. The zero-order valence-corrected chi connectivity index (χ0v) is 23.8. The molecule has 7 rings (SSSR count). The average Bonchev–Trinajstić information content (AvgIpc) is 3.00. The van der Waals surface area contributed by atoms with E-state index in [-0.39, 0.29) is 11.1 Å². The first-order valence-electron chi connectivity index (χ1n) is 14.5. The van der Waals surface area contributed by atoms with Crippen molar-refractivity contribution in [3.63, 3.8) is 0 Å². The van der Waals surface area contributed by atoms with Gasteiger partial charge < -0.3 is 0 Å². The standard InChI is InChI=1S/C36H34N4O/c1-36(2,3)39-18-15-26(16-19-39)24-6-10-31(11-7-24)40-34(41)13-9-29-23-38-33-12-8-28(21-32(33)35(29)40)27-5-4-25-14-17-37-22-30(25)20-27/h4-14,17,20-23,26H,15-16,18-19H2,1-3H3. The molecule has 1 saturated heterocycles. The van der Waals surface area contributed by atoms with Gasteiger partial charge in [0, 0.05) is 52.0 Å². The number of benzene rings is 3. The van der Waals surface area contributed by atoms with E-state index in [1.54, 1.807) is 6.07 Å². The van der Waals surface area contributed by atoms with Crippen molar-refractivity contribution in [2.24, 2.45) is 0 Å². The lowest BCUT2D eigenvalue weighted by Gasteiger charge is -2.41. The van der Waals surface area contributed by atoms with Crippen LogP contribution < -0.4 is 5.56 Å². The van der Waals surface area contributed by atoms with E-state index in [1.807, 2.05) is 41.4 Å². The van der Waals surface area contributed by atoms with Gasteiger partial charge in [0.25, 0.3) is 5.56 Å². The number of aromatic nitrogens is 3. The van der Waals surface area contributed by atoms with E-state index in [0.29, 0.717) is 5.92 Å². The van der Waals surface area contributed by atoms with E-state index >= 15 is 0 Å². The molecular formula is C36H34N4O. The highest BCUT2D eigenvalue weighted by atomic mass is 16.1. The third-order valence-corrected chi connectivity index (χ3v) is 8.76. The summed E-state index contributed by atoms with van der Waals surface area (Å²) in [6.07, 6.45) is 7.90. The first-order chi connectivity index (χ1) is 19.8. The monoisotopic (exact) mass is 538 g/mol. The summed E-state index contributed by atoms with van der Waals surface area (Å²) in [5.41, 5.74) is 6.35. The van der Waals surface area contributed by atoms with E-state index < -0.39 is 0 Å². The van der Waals surface area contributed by atoms with Crippen molar-refractivity contribution in [1.29, 1.82) is 0 Å². The molecule has 0 atom stereocenters. The molecule has 0 aliphatic carbocycles. The Labute approximate surface area is 240 Å². The van der Waals surface area contributed by atoms with Gasteiger partial charge in [0.05, 0.1) is 11.0 Å². The molecule has 204 valence electrons. The highest BCUT2D eigenvalue weighted by Crippen LogP contribution is 2.33. The number of piperidine rings is 1. The predicted molar refractivity (Wildman–Crippen MR) is 169 cm³/mol. The van der Waals surface area contributed by atoms with Crippen LogP contribution in [0.5, 0.6) is 0 Å². The first kappa shape index (κ1) is 25.6. The fourth-order valence-electron chi connectivity index (χ4n) is 6.39. The highest BCUT2D eigenvalue weighted by Gasteiger charge is 2.27. The molecule has 0 spiro atoms. The summed E-state index contributed by atoms with van der Waals surface area (Å²) in [5, 5.41) is 4.16. The van der Waals surface area contributed by atoms with Gasteiger partial charge in [0.1, 0.15) is 0 Å². The molecule has 1 aliphatic heterocycles. The quantitative estimate of drug-likeness (QED) is 0.216. The minimum Gasteiger partial charge on any atom is -0.298 e. The summed E-state index contributed by atoms with van der Waals surface area (Å²) < 4.78 is 1.85. The number of likely N-dealkylation sites (tertiary alicyclic amines) is 1. The molecule has 3 aromatic carbocycles. The molecule has 0 radical (unpaired) electrons. The summed E-state index contributed by atoms with van der Waals surface area (Å²) >= 11 is 0. The highest BCUT2D eigenvalue weighted by molar-refractivity contribution is 6.05. The van der Waals surface area contributed by atoms with Crippen molar-refractivity contribution >= 4 is 32.6 Å². The van der Waals surface area contributed by atoms with Crippen molar-refractivity contribution in [2.45, 2.75) is 45.1 Å². The Kier molecular flexibility index (Phi) is 6.20. The second-order valence-corrected chi connectivity index (χ2v) is 12.3. The van der Waals surface area contributed by atoms with Crippen LogP contribution in [0.3, 0.4) is 0 Å². The zero-order valence-electron chi connectivity index (χ0n) is 23.8. The third kappa shape index (κ3) is 4.70. The molecule has 0 saturated carbocycles. The van der Waals surface area contributed by atoms with E-state index in [1.165, 1.54) is 5.56 Å². The van der Waals surface area contributed by atoms with E-state index in [0.717, 1.165) is 75.3 Å². The molecule has 0 unspecified atom stereocenters. The van der Waals surface area contributed by atoms with Gasteiger partial charge in [-0.25, -0.2) is 0 Å². The van der Waals surface area contributed by atoms with Crippen LogP contribution in [0, 0.1) is 0 Å². The molecule has 1 aliphatic rings. The number of hydrogen-bond donors (Lipinski definition) is 0. The first-order valence-corrected chi connectivity index (χ1v) is 14.5. The molecule has 0 amide bonds. The van der Waals surface area contributed by atoms with Crippen molar-refractivity contribution in [3.05, 3.63) is 113 Å². The minimum absolute atomic E-state index is 0.0431. The summed E-state index contributed by atoms with van der Waals surface area (Å²) in [4.78, 5) is 25.0. The van der Waals surface area contributed by atoms with Crippen LogP contribution in [0.4, 0.5) is 0 Å². The Morgan fingerprint density at radius 1 is 0.756 bits per heavy atom. The van der Waals surface area contributed by atoms with Gasteiger partial charge in [0.2, 0.25) is 0 Å². The Bertz CT molecular complexity index is 1960. The van der Waals surface area contributed by atoms with E-state index in [2.05, 4.69) is 85.3 Å². The smallest absolute Gasteiger partial charge is 0.255 e. The minimum atomic E-state index is -0.0431. The maximum Gasteiger partial charge on any atom is 0.255 e. The van der Waals surface area contributed by atoms with Crippen LogP contribution >= 0.6 is 0 Å². The second-order valence-electron chi connectivity index (χ2n) is 12.3. The Morgan fingerprint density at radius 3 is 2.27 bits per heavy atom. The van der Waals surface area contributed by atoms with Crippen LogP contribution in [-0.2, 0) is 0 Å². The normalized spacial score (nSPS) is 15.2.